The second-order valence-electron chi connectivity index (χ2n) is 5.94. The van der Waals surface area contributed by atoms with Gasteiger partial charge in [-0.25, -0.2) is 4.79 Å². The number of fused-ring (bicyclic) bond motifs is 1. The van der Waals surface area contributed by atoms with Crippen molar-refractivity contribution in [2.45, 2.75) is 6.61 Å². The van der Waals surface area contributed by atoms with Gasteiger partial charge in [-0.05, 0) is 40.1 Å². The summed E-state index contributed by atoms with van der Waals surface area (Å²) in [5.41, 5.74) is 1.71. The first-order valence-electron chi connectivity index (χ1n) is 8.70. The van der Waals surface area contributed by atoms with Gasteiger partial charge in [0, 0.05) is 6.08 Å². The number of ether oxygens (including phenoxy) is 3. The maximum atomic E-state index is 12.1. The van der Waals surface area contributed by atoms with Crippen LogP contribution in [0.25, 0.3) is 16.8 Å². The molecular formula is C23H19NO4. The molecule has 28 heavy (non-hydrogen) atoms. The van der Waals surface area contributed by atoms with Crippen LogP contribution in [0.1, 0.15) is 11.1 Å². The number of nitrogens with zero attached hydrogens (tertiary/aromatic N) is 1. The van der Waals surface area contributed by atoms with Crippen LogP contribution in [0.3, 0.4) is 0 Å². The van der Waals surface area contributed by atoms with Crippen LogP contribution in [-0.4, -0.2) is 19.7 Å². The lowest BCUT2D eigenvalue weighted by molar-refractivity contribution is -0.138. The number of nitriles is 1. The number of methoxy groups -OCH3 is 1. The van der Waals surface area contributed by atoms with Crippen molar-refractivity contribution in [1.82, 2.24) is 0 Å². The highest BCUT2D eigenvalue weighted by Crippen LogP contribution is 2.28. The molecule has 3 aromatic carbocycles. The lowest BCUT2D eigenvalue weighted by atomic mass is 10.1. The highest BCUT2D eigenvalue weighted by atomic mass is 16.5. The van der Waals surface area contributed by atoms with Crippen LogP contribution in [0.4, 0.5) is 0 Å². The molecule has 0 amide bonds. The molecule has 5 heteroatoms. The molecule has 0 unspecified atom stereocenters. The number of benzene rings is 3. The molecule has 0 fully saturated rings. The third-order valence-corrected chi connectivity index (χ3v) is 4.14. The van der Waals surface area contributed by atoms with E-state index < -0.39 is 5.97 Å². The molecule has 140 valence electrons. The highest BCUT2D eigenvalue weighted by Gasteiger charge is 2.06. The Morgan fingerprint density at radius 2 is 1.89 bits per heavy atom. The molecule has 0 aliphatic rings. The van der Waals surface area contributed by atoms with Gasteiger partial charge in [0.25, 0.3) is 0 Å². The summed E-state index contributed by atoms with van der Waals surface area (Å²) in [6.45, 7) is 0.140. The molecule has 0 aliphatic carbocycles. The van der Waals surface area contributed by atoms with Crippen molar-refractivity contribution in [1.29, 1.82) is 5.26 Å². The zero-order valence-corrected chi connectivity index (χ0v) is 15.4. The van der Waals surface area contributed by atoms with Crippen LogP contribution in [0, 0.1) is 11.3 Å². The first kappa shape index (κ1) is 19.0. The predicted molar refractivity (Wildman–Crippen MR) is 107 cm³/mol. The summed E-state index contributed by atoms with van der Waals surface area (Å²) in [5, 5.41) is 10.8. The second kappa shape index (κ2) is 9.24. The maximum absolute atomic E-state index is 12.1. The van der Waals surface area contributed by atoms with Crippen molar-refractivity contribution in [3.8, 4) is 17.6 Å². The lowest BCUT2D eigenvalue weighted by Gasteiger charge is -2.09. The predicted octanol–water partition coefficient (Wildman–Crippen LogP) is 4.51. The van der Waals surface area contributed by atoms with Crippen molar-refractivity contribution in [2.75, 3.05) is 13.7 Å². The van der Waals surface area contributed by atoms with E-state index in [0.717, 1.165) is 21.9 Å². The Morgan fingerprint density at radius 1 is 1.07 bits per heavy atom. The Morgan fingerprint density at radius 3 is 2.71 bits per heavy atom. The van der Waals surface area contributed by atoms with E-state index in [-0.39, 0.29) is 13.2 Å². The van der Waals surface area contributed by atoms with Crippen molar-refractivity contribution in [2.24, 2.45) is 0 Å². The quantitative estimate of drug-likeness (QED) is 0.450. The van der Waals surface area contributed by atoms with E-state index >= 15 is 0 Å². The molecule has 0 atom stereocenters. The summed E-state index contributed by atoms with van der Waals surface area (Å²) in [5.74, 6) is 0.526. The van der Waals surface area contributed by atoms with Crippen LogP contribution in [0.15, 0.2) is 66.7 Å². The summed E-state index contributed by atoms with van der Waals surface area (Å²) in [7, 11) is 1.51. The second-order valence-corrected chi connectivity index (χ2v) is 5.94. The molecule has 0 saturated carbocycles. The van der Waals surface area contributed by atoms with Gasteiger partial charge in [0.2, 0.25) is 0 Å². The van der Waals surface area contributed by atoms with Crippen molar-refractivity contribution < 1.29 is 19.0 Å². The number of carbonyl (C=O) groups is 1. The monoisotopic (exact) mass is 373 g/mol. The van der Waals surface area contributed by atoms with E-state index in [1.54, 1.807) is 24.3 Å². The van der Waals surface area contributed by atoms with Crippen LogP contribution >= 0.6 is 0 Å². The molecular weight excluding hydrogens is 354 g/mol. The van der Waals surface area contributed by atoms with Gasteiger partial charge in [-0.1, -0.05) is 48.5 Å². The van der Waals surface area contributed by atoms with Crippen LogP contribution < -0.4 is 9.47 Å². The zero-order chi connectivity index (χ0) is 19.8. The Bertz CT molecular complexity index is 1040. The fourth-order valence-electron chi connectivity index (χ4n) is 2.80. The summed E-state index contributed by atoms with van der Waals surface area (Å²) in [6.07, 6.45) is 3.01. The van der Waals surface area contributed by atoms with Gasteiger partial charge in [-0.3, -0.25) is 0 Å². The van der Waals surface area contributed by atoms with Gasteiger partial charge in [-0.15, -0.1) is 0 Å². The average Bonchev–Trinajstić information content (AvgIpc) is 2.74. The van der Waals surface area contributed by atoms with Crippen molar-refractivity contribution >= 4 is 22.8 Å². The van der Waals surface area contributed by atoms with Gasteiger partial charge in [0.15, 0.2) is 18.1 Å². The third kappa shape index (κ3) is 4.68. The molecule has 0 aliphatic heterocycles. The van der Waals surface area contributed by atoms with Crippen molar-refractivity contribution in [3.63, 3.8) is 0 Å². The number of carbonyl (C=O) groups excluding carboxylic acids is 1. The van der Waals surface area contributed by atoms with Gasteiger partial charge >= 0.3 is 5.97 Å². The van der Waals surface area contributed by atoms with Crippen molar-refractivity contribution in [3.05, 3.63) is 77.9 Å². The zero-order valence-electron chi connectivity index (χ0n) is 15.4. The third-order valence-electron chi connectivity index (χ3n) is 4.14. The first-order valence-corrected chi connectivity index (χ1v) is 8.70. The topological polar surface area (TPSA) is 68.6 Å². The summed E-state index contributed by atoms with van der Waals surface area (Å²) >= 11 is 0. The molecule has 3 rings (SSSR count). The molecule has 3 aromatic rings. The van der Waals surface area contributed by atoms with E-state index in [1.165, 1.54) is 13.2 Å². The van der Waals surface area contributed by atoms with Gasteiger partial charge in [-0.2, -0.15) is 5.26 Å². The molecule has 0 aromatic heterocycles. The smallest absolute Gasteiger partial charge is 0.331 e. The fourth-order valence-corrected chi connectivity index (χ4v) is 2.80. The Balaban J connectivity index is 1.64. The van der Waals surface area contributed by atoms with Gasteiger partial charge in [0.05, 0.1) is 7.11 Å². The Kier molecular flexibility index (Phi) is 6.27. The van der Waals surface area contributed by atoms with E-state index in [2.05, 4.69) is 0 Å². The summed E-state index contributed by atoms with van der Waals surface area (Å²) in [6, 6.07) is 21.0. The number of hydrogen-bond donors (Lipinski definition) is 0. The average molecular weight is 373 g/mol. The Hall–Kier alpha value is -3.78. The SMILES string of the molecule is COc1cc(C=CC(=O)OCc2cccc3ccccc23)ccc1OCC#N. The summed E-state index contributed by atoms with van der Waals surface area (Å²) in [4.78, 5) is 12.1. The molecule has 5 nitrogen and oxygen atoms in total. The number of rotatable bonds is 7. The minimum Gasteiger partial charge on any atom is -0.493 e. The highest BCUT2D eigenvalue weighted by molar-refractivity contribution is 5.88. The number of esters is 1. The van der Waals surface area contributed by atoms with Gasteiger partial charge in [0.1, 0.15) is 12.7 Å². The normalized spacial score (nSPS) is 10.6. The van der Waals surface area contributed by atoms with E-state index in [1.807, 2.05) is 48.5 Å². The molecule has 0 saturated heterocycles. The molecule has 0 spiro atoms. The van der Waals surface area contributed by atoms with Gasteiger partial charge < -0.3 is 14.2 Å². The molecule has 0 N–H and O–H groups in total. The Labute approximate surface area is 163 Å². The molecule has 0 heterocycles. The van der Waals surface area contributed by atoms with Crippen LogP contribution in [0.2, 0.25) is 0 Å². The molecule has 0 radical (unpaired) electrons. The lowest BCUT2D eigenvalue weighted by Crippen LogP contribution is -2.01. The van der Waals surface area contributed by atoms with E-state index in [9.17, 15) is 4.79 Å². The standard InChI is InChI=1S/C23H19NO4/c1-26-22-15-17(9-11-21(22)27-14-13-24)10-12-23(25)28-16-19-7-4-6-18-5-2-3-8-20(18)19/h2-12,15H,14,16H2,1H3. The largest absolute Gasteiger partial charge is 0.493 e. The van der Waals surface area contributed by atoms with Crippen LogP contribution in [0.5, 0.6) is 11.5 Å². The van der Waals surface area contributed by atoms with E-state index in [4.69, 9.17) is 19.5 Å². The summed E-state index contributed by atoms with van der Waals surface area (Å²) < 4.78 is 15.9. The van der Waals surface area contributed by atoms with E-state index in [0.29, 0.717) is 11.5 Å². The van der Waals surface area contributed by atoms with Crippen LogP contribution in [-0.2, 0) is 16.1 Å². The minimum absolute atomic E-state index is 0.0635. The molecule has 0 bridgehead atoms. The minimum atomic E-state index is -0.434. The first-order chi connectivity index (χ1) is 13.7. The number of hydrogen-bond acceptors (Lipinski definition) is 5. The fraction of sp³-hybridized carbons (Fsp3) is 0.130. The maximum Gasteiger partial charge on any atom is 0.331 e.